The third-order valence-corrected chi connectivity index (χ3v) is 1.82. The van der Waals surface area contributed by atoms with E-state index in [9.17, 15) is 10.1 Å². The van der Waals surface area contributed by atoms with Crippen LogP contribution in [0.4, 0.5) is 5.69 Å². The van der Waals surface area contributed by atoms with Crippen molar-refractivity contribution in [3.8, 4) is 11.6 Å². The summed E-state index contributed by atoms with van der Waals surface area (Å²) in [5.74, 6) is 0.313. The summed E-state index contributed by atoms with van der Waals surface area (Å²) in [5.41, 5.74) is -0.109. The zero-order chi connectivity index (χ0) is 10.1. The van der Waals surface area contributed by atoms with E-state index in [1.807, 2.05) is 6.92 Å². The molecule has 0 bridgehead atoms. The monoisotopic (exact) mass is 196 g/mol. The van der Waals surface area contributed by atoms with Gasteiger partial charge in [0.2, 0.25) is 0 Å². The van der Waals surface area contributed by atoms with E-state index < -0.39 is 4.92 Å². The van der Waals surface area contributed by atoms with Crippen molar-refractivity contribution in [2.45, 2.75) is 13.0 Å². The van der Waals surface area contributed by atoms with Gasteiger partial charge in [0, 0.05) is 12.3 Å². The molecule has 2 rings (SSSR count). The van der Waals surface area contributed by atoms with Crippen molar-refractivity contribution < 1.29 is 14.4 Å². The first-order valence-electron chi connectivity index (χ1n) is 4.11. The molecule has 2 heterocycles. The van der Waals surface area contributed by atoms with Crippen LogP contribution in [0.2, 0.25) is 0 Å². The molecule has 74 valence electrons. The Morgan fingerprint density at radius 2 is 2.50 bits per heavy atom. The third kappa shape index (κ3) is 1.34. The van der Waals surface area contributed by atoms with E-state index in [1.54, 1.807) is 0 Å². The maximum absolute atomic E-state index is 10.6. The Kier molecular flexibility index (Phi) is 1.95. The van der Waals surface area contributed by atoms with E-state index in [1.165, 1.54) is 12.3 Å². The molecular formula is C8H8N2O4. The van der Waals surface area contributed by atoms with Gasteiger partial charge in [0.05, 0.1) is 4.92 Å². The van der Waals surface area contributed by atoms with Crippen molar-refractivity contribution in [1.29, 1.82) is 0 Å². The Hall–Kier alpha value is -1.85. The van der Waals surface area contributed by atoms with E-state index in [4.69, 9.17) is 9.47 Å². The highest BCUT2D eigenvalue weighted by atomic mass is 16.6. The molecule has 0 aromatic carbocycles. The molecule has 0 amide bonds. The quantitative estimate of drug-likeness (QED) is 0.497. The fourth-order valence-corrected chi connectivity index (χ4v) is 1.21. The summed E-state index contributed by atoms with van der Waals surface area (Å²) in [6.07, 6.45) is 1.20. The van der Waals surface area contributed by atoms with Gasteiger partial charge in [-0.3, -0.25) is 10.1 Å². The Morgan fingerprint density at radius 3 is 3.21 bits per heavy atom. The molecule has 1 unspecified atom stereocenters. The lowest BCUT2D eigenvalue weighted by Gasteiger charge is -2.21. The van der Waals surface area contributed by atoms with Crippen molar-refractivity contribution in [3.63, 3.8) is 0 Å². The van der Waals surface area contributed by atoms with Crippen LogP contribution in [0.3, 0.4) is 0 Å². The highest BCUT2D eigenvalue weighted by Gasteiger charge is 2.27. The van der Waals surface area contributed by atoms with Gasteiger partial charge in [0.15, 0.2) is 0 Å². The van der Waals surface area contributed by atoms with Gasteiger partial charge in [-0.1, -0.05) is 0 Å². The van der Waals surface area contributed by atoms with E-state index >= 15 is 0 Å². The maximum atomic E-state index is 10.6. The molecule has 1 aromatic rings. The molecule has 6 heteroatoms. The largest absolute Gasteiger partial charge is 0.479 e. The number of rotatable bonds is 1. The first-order chi connectivity index (χ1) is 6.68. The molecule has 0 fully saturated rings. The predicted octanol–water partition coefficient (Wildman–Crippen LogP) is 1.15. The summed E-state index contributed by atoms with van der Waals surface area (Å²) in [6.45, 7) is 2.11. The lowest BCUT2D eigenvalue weighted by atomic mass is 10.3. The standard InChI is InChI=1S/C8H8N2O4/c1-5-4-13-7-6(10(11)12)2-3-9-8(7)14-5/h2-3,5H,4H2,1H3. The number of nitro groups is 1. The van der Waals surface area contributed by atoms with E-state index in [0.29, 0.717) is 6.61 Å². The normalized spacial score (nSPS) is 19.1. The fraction of sp³-hybridized carbons (Fsp3) is 0.375. The number of pyridine rings is 1. The molecule has 1 aliphatic rings. The molecule has 0 aliphatic carbocycles. The first-order valence-corrected chi connectivity index (χ1v) is 4.11. The molecule has 1 aromatic heterocycles. The molecule has 1 atom stereocenters. The molecule has 0 saturated carbocycles. The van der Waals surface area contributed by atoms with Crippen LogP contribution >= 0.6 is 0 Å². The van der Waals surface area contributed by atoms with Gasteiger partial charge >= 0.3 is 5.69 Å². The van der Waals surface area contributed by atoms with Crippen LogP contribution in [0.15, 0.2) is 12.3 Å². The zero-order valence-electron chi connectivity index (χ0n) is 7.47. The minimum Gasteiger partial charge on any atom is -0.479 e. The van der Waals surface area contributed by atoms with Crippen molar-refractivity contribution in [2.75, 3.05) is 6.61 Å². The number of aromatic nitrogens is 1. The van der Waals surface area contributed by atoms with Crippen LogP contribution in [0.5, 0.6) is 11.6 Å². The van der Waals surface area contributed by atoms with E-state index in [-0.39, 0.29) is 23.4 Å². The van der Waals surface area contributed by atoms with Gasteiger partial charge in [-0.15, -0.1) is 0 Å². The van der Waals surface area contributed by atoms with Crippen molar-refractivity contribution >= 4 is 5.69 Å². The van der Waals surface area contributed by atoms with Gasteiger partial charge < -0.3 is 9.47 Å². The first kappa shape index (κ1) is 8.74. The molecule has 1 aliphatic heterocycles. The topological polar surface area (TPSA) is 74.5 Å². The number of hydrogen-bond acceptors (Lipinski definition) is 5. The number of nitrogens with zero attached hydrogens (tertiary/aromatic N) is 2. The fourth-order valence-electron chi connectivity index (χ4n) is 1.21. The predicted molar refractivity (Wildman–Crippen MR) is 46.5 cm³/mol. The molecule has 6 nitrogen and oxygen atoms in total. The van der Waals surface area contributed by atoms with E-state index in [0.717, 1.165) is 0 Å². The molecule has 0 N–H and O–H groups in total. The SMILES string of the molecule is CC1COc2c([N+](=O)[O-])ccnc2O1. The van der Waals surface area contributed by atoms with Crippen LogP contribution < -0.4 is 9.47 Å². The highest BCUT2D eigenvalue weighted by Crippen LogP contribution is 2.37. The van der Waals surface area contributed by atoms with Gasteiger partial charge in [-0.2, -0.15) is 0 Å². The second-order valence-electron chi connectivity index (χ2n) is 2.96. The Morgan fingerprint density at radius 1 is 1.71 bits per heavy atom. The highest BCUT2D eigenvalue weighted by molar-refractivity contribution is 5.52. The van der Waals surface area contributed by atoms with Crippen molar-refractivity contribution in [2.24, 2.45) is 0 Å². The van der Waals surface area contributed by atoms with Gasteiger partial charge in [-0.25, -0.2) is 4.98 Å². The van der Waals surface area contributed by atoms with Crippen LogP contribution in [-0.4, -0.2) is 22.6 Å². The minimum atomic E-state index is -0.514. The number of fused-ring (bicyclic) bond motifs is 1. The summed E-state index contributed by atoms with van der Waals surface area (Å²) in [7, 11) is 0. The zero-order valence-corrected chi connectivity index (χ0v) is 7.47. The average molecular weight is 196 g/mol. The van der Waals surface area contributed by atoms with Crippen molar-refractivity contribution in [1.82, 2.24) is 4.98 Å². The molecule has 0 radical (unpaired) electrons. The number of ether oxygens (including phenoxy) is 2. The second kappa shape index (κ2) is 3.13. The van der Waals surface area contributed by atoms with Gasteiger partial charge in [0.25, 0.3) is 11.6 Å². The Bertz CT molecular complexity index is 380. The molecular weight excluding hydrogens is 188 g/mol. The summed E-state index contributed by atoms with van der Waals surface area (Å²) in [6, 6.07) is 1.29. The van der Waals surface area contributed by atoms with Gasteiger partial charge in [-0.05, 0) is 6.92 Å². The Labute approximate surface area is 79.6 Å². The van der Waals surface area contributed by atoms with Crippen LogP contribution in [-0.2, 0) is 0 Å². The lowest BCUT2D eigenvalue weighted by Crippen LogP contribution is -2.26. The summed E-state index contributed by atoms with van der Waals surface area (Å²) in [4.78, 5) is 13.9. The van der Waals surface area contributed by atoms with Gasteiger partial charge in [0.1, 0.15) is 12.7 Å². The second-order valence-corrected chi connectivity index (χ2v) is 2.96. The van der Waals surface area contributed by atoms with Crippen molar-refractivity contribution in [3.05, 3.63) is 22.4 Å². The van der Waals surface area contributed by atoms with Crippen LogP contribution in [0.1, 0.15) is 6.92 Å². The summed E-state index contributed by atoms with van der Waals surface area (Å²) in [5, 5.41) is 10.6. The van der Waals surface area contributed by atoms with Crippen LogP contribution in [0.25, 0.3) is 0 Å². The maximum Gasteiger partial charge on any atom is 0.318 e. The molecule has 0 spiro atoms. The average Bonchev–Trinajstić information content (AvgIpc) is 2.16. The molecule has 0 saturated heterocycles. The van der Waals surface area contributed by atoms with E-state index in [2.05, 4.69) is 4.98 Å². The summed E-state index contributed by atoms with van der Waals surface area (Å²) >= 11 is 0. The minimum absolute atomic E-state index is 0.109. The summed E-state index contributed by atoms with van der Waals surface area (Å²) < 4.78 is 10.5. The molecule has 14 heavy (non-hydrogen) atoms. The lowest BCUT2D eigenvalue weighted by molar-refractivity contribution is -0.386. The smallest absolute Gasteiger partial charge is 0.318 e. The number of hydrogen-bond donors (Lipinski definition) is 0. The van der Waals surface area contributed by atoms with Crippen LogP contribution in [0, 0.1) is 10.1 Å². The Balaban J connectivity index is 2.46. The third-order valence-electron chi connectivity index (χ3n) is 1.82.